The zero-order chi connectivity index (χ0) is 17.9. The molecular formula is C16H14Cl2N2O4. The Hall–Kier alpha value is -2.31. The minimum Gasteiger partial charge on any atom is -0.483 e. The molecule has 0 radical (unpaired) electrons. The number of amides is 1. The first-order chi connectivity index (χ1) is 11.3. The molecular weight excluding hydrogens is 355 g/mol. The molecule has 1 N–H and O–H groups in total. The lowest BCUT2D eigenvalue weighted by Gasteiger charge is -2.11. The number of aryl methyl sites for hydroxylation is 2. The molecule has 2 aromatic rings. The summed E-state index contributed by atoms with van der Waals surface area (Å²) >= 11 is 11.7. The highest BCUT2D eigenvalue weighted by Crippen LogP contribution is 2.33. The van der Waals surface area contributed by atoms with Crippen LogP contribution >= 0.6 is 23.2 Å². The summed E-state index contributed by atoms with van der Waals surface area (Å²) in [6.07, 6.45) is 0. The van der Waals surface area contributed by atoms with Crippen molar-refractivity contribution in [1.29, 1.82) is 0 Å². The molecule has 8 heteroatoms. The fourth-order valence-electron chi connectivity index (χ4n) is 2.06. The van der Waals surface area contributed by atoms with E-state index in [4.69, 9.17) is 27.9 Å². The number of carbonyl (C=O) groups is 1. The third-order valence-electron chi connectivity index (χ3n) is 3.20. The highest BCUT2D eigenvalue weighted by atomic mass is 35.5. The summed E-state index contributed by atoms with van der Waals surface area (Å²) in [5, 5.41) is 13.2. The van der Waals surface area contributed by atoms with E-state index in [-0.39, 0.29) is 28.0 Å². The predicted octanol–water partition coefficient (Wildman–Crippen LogP) is 4.54. The van der Waals surface area contributed by atoms with E-state index in [0.717, 1.165) is 17.2 Å². The highest BCUT2D eigenvalue weighted by molar-refractivity contribution is 6.37. The first-order valence-corrected chi connectivity index (χ1v) is 7.67. The van der Waals surface area contributed by atoms with E-state index in [9.17, 15) is 14.9 Å². The van der Waals surface area contributed by atoms with Gasteiger partial charge in [0.15, 0.2) is 6.61 Å². The van der Waals surface area contributed by atoms with Crippen molar-refractivity contribution >= 4 is 40.5 Å². The third kappa shape index (κ3) is 4.37. The molecule has 24 heavy (non-hydrogen) atoms. The maximum Gasteiger partial charge on any atom is 0.289 e. The van der Waals surface area contributed by atoms with Crippen LogP contribution in [0, 0.1) is 24.0 Å². The number of ether oxygens (including phenoxy) is 1. The first kappa shape index (κ1) is 18.0. The molecule has 2 aromatic carbocycles. The Labute approximate surface area is 148 Å². The van der Waals surface area contributed by atoms with Crippen LogP contribution in [0.1, 0.15) is 11.1 Å². The van der Waals surface area contributed by atoms with Crippen molar-refractivity contribution in [2.45, 2.75) is 13.8 Å². The van der Waals surface area contributed by atoms with Gasteiger partial charge in [0.25, 0.3) is 11.6 Å². The van der Waals surface area contributed by atoms with Gasteiger partial charge in [0.1, 0.15) is 10.8 Å². The molecule has 0 saturated heterocycles. The predicted molar refractivity (Wildman–Crippen MR) is 93.2 cm³/mol. The summed E-state index contributed by atoms with van der Waals surface area (Å²) in [5.41, 5.74) is 1.86. The van der Waals surface area contributed by atoms with E-state index in [2.05, 4.69) is 5.32 Å². The second kappa shape index (κ2) is 7.51. The molecule has 0 saturated carbocycles. The summed E-state index contributed by atoms with van der Waals surface area (Å²) in [4.78, 5) is 22.1. The lowest BCUT2D eigenvalue weighted by atomic mass is 10.1. The van der Waals surface area contributed by atoms with E-state index in [0.29, 0.717) is 5.75 Å². The summed E-state index contributed by atoms with van der Waals surface area (Å²) in [6, 6.07) is 7.93. The Morgan fingerprint density at radius 2 is 1.92 bits per heavy atom. The highest BCUT2D eigenvalue weighted by Gasteiger charge is 2.17. The van der Waals surface area contributed by atoms with Crippen molar-refractivity contribution in [3.8, 4) is 5.75 Å². The van der Waals surface area contributed by atoms with Crippen LogP contribution in [-0.2, 0) is 4.79 Å². The number of nitrogens with zero attached hydrogens (tertiary/aromatic N) is 1. The van der Waals surface area contributed by atoms with Gasteiger partial charge in [-0.3, -0.25) is 14.9 Å². The molecule has 0 fully saturated rings. The zero-order valence-electron chi connectivity index (χ0n) is 12.9. The smallest absolute Gasteiger partial charge is 0.289 e. The normalized spacial score (nSPS) is 10.3. The number of hydrogen-bond acceptors (Lipinski definition) is 4. The van der Waals surface area contributed by atoms with Crippen LogP contribution in [-0.4, -0.2) is 17.4 Å². The molecule has 0 aliphatic heterocycles. The Balaban J connectivity index is 2.05. The lowest BCUT2D eigenvalue weighted by molar-refractivity contribution is -0.384. The minimum atomic E-state index is -0.650. The van der Waals surface area contributed by atoms with Gasteiger partial charge < -0.3 is 10.1 Å². The van der Waals surface area contributed by atoms with Crippen molar-refractivity contribution in [1.82, 2.24) is 0 Å². The van der Waals surface area contributed by atoms with Crippen LogP contribution in [0.15, 0.2) is 30.3 Å². The van der Waals surface area contributed by atoms with Crippen molar-refractivity contribution in [2.75, 3.05) is 11.9 Å². The number of nitro benzene ring substituents is 1. The monoisotopic (exact) mass is 368 g/mol. The summed E-state index contributed by atoms with van der Waals surface area (Å²) in [5.74, 6) is 0.144. The maximum atomic E-state index is 12.0. The van der Waals surface area contributed by atoms with Crippen LogP contribution in [0.4, 0.5) is 11.4 Å². The van der Waals surface area contributed by atoms with Gasteiger partial charge >= 0.3 is 0 Å². The number of nitrogens with one attached hydrogen (secondary N) is 1. The van der Waals surface area contributed by atoms with Gasteiger partial charge in [0.2, 0.25) is 0 Å². The van der Waals surface area contributed by atoms with E-state index in [1.165, 1.54) is 6.07 Å². The van der Waals surface area contributed by atoms with Gasteiger partial charge in [-0.1, -0.05) is 40.9 Å². The summed E-state index contributed by atoms with van der Waals surface area (Å²) in [6.45, 7) is 3.62. The SMILES string of the molecule is Cc1ccc(OCC(=O)Nc2cc(Cl)c([N+](=O)[O-])cc2Cl)c(C)c1. The van der Waals surface area contributed by atoms with Crippen molar-refractivity contribution in [2.24, 2.45) is 0 Å². The Morgan fingerprint density at radius 3 is 2.54 bits per heavy atom. The average Bonchev–Trinajstić information content (AvgIpc) is 2.49. The summed E-state index contributed by atoms with van der Waals surface area (Å²) < 4.78 is 5.46. The minimum absolute atomic E-state index is 0.0194. The molecule has 0 unspecified atom stereocenters. The molecule has 0 spiro atoms. The van der Waals surface area contributed by atoms with E-state index < -0.39 is 10.8 Å². The molecule has 0 heterocycles. The third-order valence-corrected chi connectivity index (χ3v) is 3.81. The fourth-order valence-corrected chi connectivity index (χ4v) is 2.50. The Bertz CT molecular complexity index is 809. The lowest BCUT2D eigenvalue weighted by Crippen LogP contribution is -2.20. The van der Waals surface area contributed by atoms with Gasteiger partial charge in [0, 0.05) is 6.07 Å². The molecule has 126 valence electrons. The van der Waals surface area contributed by atoms with Gasteiger partial charge in [0.05, 0.1) is 15.6 Å². The molecule has 0 atom stereocenters. The first-order valence-electron chi connectivity index (χ1n) is 6.91. The molecule has 0 aromatic heterocycles. The molecule has 0 aliphatic carbocycles. The molecule has 2 rings (SSSR count). The molecule has 0 bridgehead atoms. The van der Waals surface area contributed by atoms with Crippen molar-refractivity contribution < 1.29 is 14.5 Å². The van der Waals surface area contributed by atoms with E-state index in [1.807, 2.05) is 26.0 Å². The largest absolute Gasteiger partial charge is 0.483 e. The van der Waals surface area contributed by atoms with Gasteiger partial charge in [-0.25, -0.2) is 0 Å². The van der Waals surface area contributed by atoms with Gasteiger partial charge in [-0.05, 0) is 31.5 Å². The second-order valence-corrected chi connectivity index (χ2v) is 5.96. The van der Waals surface area contributed by atoms with Crippen LogP contribution in [0.5, 0.6) is 5.75 Å². The molecule has 1 amide bonds. The van der Waals surface area contributed by atoms with Crippen LogP contribution in [0.2, 0.25) is 10.0 Å². The number of carbonyl (C=O) groups excluding carboxylic acids is 1. The van der Waals surface area contributed by atoms with Crippen LogP contribution in [0.25, 0.3) is 0 Å². The average molecular weight is 369 g/mol. The van der Waals surface area contributed by atoms with E-state index >= 15 is 0 Å². The van der Waals surface area contributed by atoms with Gasteiger partial charge in [-0.2, -0.15) is 0 Å². The van der Waals surface area contributed by atoms with E-state index in [1.54, 1.807) is 6.07 Å². The zero-order valence-corrected chi connectivity index (χ0v) is 14.4. The Morgan fingerprint density at radius 1 is 1.21 bits per heavy atom. The van der Waals surface area contributed by atoms with Gasteiger partial charge in [-0.15, -0.1) is 0 Å². The standard InChI is InChI=1S/C16H14Cl2N2O4/c1-9-3-4-15(10(2)5-9)24-8-16(21)19-13-6-12(18)14(20(22)23)7-11(13)17/h3-7H,8H2,1-2H3,(H,19,21). The molecule has 0 aliphatic rings. The number of benzene rings is 2. The number of halogens is 2. The quantitative estimate of drug-likeness (QED) is 0.620. The Kier molecular flexibility index (Phi) is 5.64. The summed E-state index contributed by atoms with van der Waals surface area (Å²) in [7, 11) is 0. The number of hydrogen-bond donors (Lipinski definition) is 1. The maximum absolute atomic E-state index is 12.0. The molecule has 6 nitrogen and oxygen atoms in total. The van der Waals surface area contributed by atoms with Crippen LogP contribution in [0.3, 0.4) is 0 Å². The number of anilines is 1. The van der Waals surface area contributed by atoms with Crippen LogP contribution < -0.4 is 10.1 Å². The topological polar surface area (TPSA) is 81.5 Å². The van der Waals surface area contributed by atoms with Crippen molar-refractivity contribution in [3.63, 3.8) is 0 Å². The number of nitro groups is 1. The fraction of sp³-hybridized carbons (Fsp3) is 0.188. The second-order valence-electron chi connectivity index (χ2n) is 5.15. The van der Waals surface area contributed by atoms with Crippen molar-refractivity contribution in [3.05, 3.63) is 61.6 Å². The number of rotatable bonds is 5.